The van der Waals surface area contributed by atoms with Crippen molar-refractivity contribution in [1.29, 1.82) is 0 Å². The lowest BCUT2D eigenvalue weighted by Gasteiger charge is -2.33. The summed E-state index contributed by atoms with van der Waals surface area (Å²) in [5.41, 5.74) is 7.93. The SMILES string of the molecule is CNN(C(=O)[C@H](C)N)C(=O)[C@@H]1CC[C@@H]2CN1C(=O)N2OS(=O)(=O)O. The molecule has 0 unspecified atom stereocenters. The number of carbonyl (C=O) groups excluding carboxylic acids is 3. The Morgan fingerprint density at radius 3 is 2.58 bits per heavy atom. The molecule has 2 aliphatic heterocycles. The molecule has 3 atom stereocenters. The minimum Gasteiger partial charge on any atom is -0.320 e. The summed E-state index contributed by atoms with van der Waals surface area (Å²) in [7, 11) is -3.50. The number of hydrazine groups is 1. The van der Waals surface area contributed by atoms with Gasteiger partial charge in [-0.05, 0) is 19.8 Å². The number of imide groups is 1. The lowest BCUT2D eigenvalue weighted by Crippen LogP contribution is -2.58. The quantitative estimate of drug-likeness (QED) is 0.363. The Balaban J connectivity index is 2.19. The number of nitrogens with two attached hydrogens (primary N) is 1. The van der Waals surface area contributed by atoms with Crippen molar-refractivity contribution in [1.82, 2.24) is 20.4 Å². The number of hydrogen-bond donors (Lipinski definition) is 3. The third-order valence-electron chi connectivity index (χ3n) is 3.84. The molecule has 2 saturated heterocycles. The number of urea groups is 1. The summed E-state index contributed by atoms with van der Waals surface area (Å²) >= 11 is 0. The molecule has 2 fully saturated rings. The largest absolute Gasteiger partial charge is 0.418 e. The van der Waals surface area contributed by atoms with Crippen LogP contribution in [0.4, 0.5) is 4.79 Å². The van der Waals surface area contributed by atoms with Gasteiger partial charge in [-0.1, -0.05) is 0 Å². The van der Waals surface area contributed by atoms with Crippen LogP contribution in [0.15, 0.2) is 0 Å². The topological polar surface area (TPSA) is 163 Å². The van der Waals surface area contributed by atoms with Gasteiger partial charge in [-0.25, -0.2) is 15.2 Å². The van der Waals surface area contributed by atoms with Crippen LogP contribution in [0.5, 0.6) is 0 Å². The number of rotatable bonds is 5. The fourth-order valence-corrected chi connectivity index (χ4v) is 3.16. The summed E-state index contributed by atoms with van der Waals surface area (Å²) in [6.45, 7) is 1.45. The number of nitrogens with zero attached hydrogens (tertiary/aromatic N) is 3. The predicted molar refractivity (Wildman–Crippen MR) is 77.9 cm³/mol. The lowest BCUT2D eigenvalue weighted by molar-refractivity contribution is -0.152. The molecule has 0 aliphatic carbocycles. The fourth-order valence-electron chi connectivity index (χ4n) is 2.77. The van der Waals surface area contributed by atoms with E-state index in [-0.39, 0.29) is 19.4 Å². The summed E-state index contributed by atoms with van der Waals surface area (Å²) in [6, 6.07) is -3.39. The van der Waals surface area contributed by atoms with E-state index in [0.29, 0.717) is 5.06 Å². The molecule has 2 heterocycles. The zero-order valence-corrected chi connectivity index (χ0v) is 13.9. The van der Waals surface area contributed by atoms with E-state index >= 15 is 0 Å². The molecule has 13 heteroatoms. The van der Waals surface area contributed by atoms with Crippen molar-refractivity contribution >= 4 is 28.2 Å². The maximum absolute atomic E-state index is 12.6. The number of hydrogen-bond acceptors (Lipinski definition) is 8. The maximum atomic E-state index is 12.6. The first-order valence-corrected chi connectivity index (χ1v) is 8.51. The Morgan fingerprint density at radius 2 is 2.08 bits per heavy atom. The standard InChI is InChI=1S/C11H19N5O7S/c1-6(12)9(17)15(13-2)10(18)8-4-3-7-5-14(8)11(19)16(7)23-24(20,21)22/h6-8,13H,3-5,12H2,1-2H3,(H,20,21,22)/t6-,7+,8-/m0/s1. The van der Waals surface area contributed by atoms with E-state index in [2.05, 4.69) is 9.71 Å². The maximum Gasteiger partial charge on any atom is 0.418 e. The van der Waals surface area contributed by atoms with Crippen LogP contribution < -0.4 is 11.2 Å². The van der Waals surface area contributed by atoms with Crippen LogP contribution in [0, 0.1) is 0 Å². The van der Waals surface area contributed by atoms with Crippen LogP contribution in [-0.2, 0) is 24.3 Å². The molecule has 0 radical (unpaired) electrons. The molecule has 0 aromatic rings. The number of carbonyl (C=O) groups is 3. The number of piperidine rings is 1. The van der Waals surface area contributed by atoms with Gasteiger partial charge in [0.1, 0.15) is 6.04 Å². The monoisotopic (exact) mass is 365 g/mol. The zero-order valence-electron chi connectivity index (χ0n) is 13.1. The van der Waals surface area contributed by atoms with E-state index in [1.807, 2.05) is 0 Å². The average molecular weight is 365 g/mol. The van der Waals surface area contributed by atoms with Gasteiger partial charge in [0.25, 0.3) is 11.8 Å². The van der Waals surface area contributed by atoms with E-state index in [1.165, 1.54) is 14.0 Å². The van der Waals surface area contributed by atoms with Crippen LogP contribution in [0.1, 0.15) is 19.8 Å². The van der Waals surface area contributed by atoms with Gasteiger partial charge in [-0.2, -0.15) is 13.5 Å². The molecule has 136 valence electrons. The average Bonchev–Trinajstić information content (AvgIpc) is 2.71. The lowest BCUT2D eigenvalue weighted by atomic mass is 10.00. The van der Waals surface area contributed by atoms with Crippen LogP contribution in [0.25, 0.3) is 0 Å². The molecular weight excluding hydrogens is 346 g/mol. The van der Waals surface area contributed by atoms with Crippen LogP contribution in [-0.4, -0.2) is 77.5 Å². The first kappa shape index (κ1) is 18.5. The summed E-state index contributed by atoms with van der Waals surface area (Å²) in [5, 5.41) is 1.26. The van der Waals surface area contributed by atoms with Crippen LogP contribution in [0.2, 0.25) is 0 Å². The third kappa shape index (κ3) is 3.49. The predicted octanol–water partition coefficient (Wildman–Crippen LogP) is -2.17. The minimum absolute atomic E-state index is 0.0364. The first-order valence-electron chi connectivity index (χ1n) is 7.14. The van der Waals surface area contributed by atoms with E-state index in [1.54, 1.807) is 0 Å². The van der Waals surface area contributed by atoms with Gasteiger partial charge in [0.05, 0.1) is 12.1 Å². The highest BCUT2D eigenvalue weighted by atomic mass is 32.3. The normalized spacial score (nSPS) is 24.9. The van der Waals surface area contributed by atoms with Crippen LogP contribution >= 0.6 is 0 Å². The van der Waals surface area contributed by atoms with E-state index in [9.17, 15) is 22.8 Å². The van der Waals surface area contributed by atoms with E-state index in [0.717, 1.165) is 9.91 Å². The van der Waals surface area contributed by atoms with Crippen molar-refractivity contribution < 1.29 is 31.6 Å². The molecule has 0 aromatic heterocycles. The fraction of sp³-hybridized carbons (Fsp3) is 0.727. The highest BCUT2D eigenvalue weighted by molar-refractivity contribution is 7.80. The molecule has 2 aliphatic rings. The van der Waals surface area contributed by atoms with Crippen molar-refractivity contribution in [3.8, 4) is 0 Å². The Labute approximate surface area is 138 Å². The molecule has 0 aromatic carbocycles. The van der Waals surface area contributed by atoms with Gasteiger partial charge in [0.15, 0.2) is 0 Å². The number of fused-ring (bicyclic) bond motifs is 2. The molecule has 4 N–H and O–H groups in total. The Bertz CT molecular complexity index is 651. The molecule has 0 spiro atoms. The first-order chi connectivity index (χ1) is 11.1. The summed E-state index contributed by atoms with van der Waals surface area (Å²) < 4.78 is 34.7. The molecule has 2 rings (SSSR count). The van der Waals surface area contributed by atoms with Gasteiger partial charge in [0.2, 0.25) is 0 Å². The molecule has 2 bridgehead atoms. The molecule has 0 saturated carbocycles. The van der Waals surface area contributed by atoms with E-state index < -0.39 is 46.4 Å². The Morgan fingerprint density at radius 1 is 1.46 bits per heavy atom. The second-order valence-electron chi connectivity index (χ2n) is 5.53. The summed E-state index contributed by atoms with van der Waals surface area (Å²) in [6.07, 6.45) is 0.461. The van der Waals surface area contributed by atoms with Gasteiger partial charge in [0, 0.05) is 13.6 Å². The number of hydroxylamine groups is 2. The highest BCUT2D eigenvalue weighted by Crippen LogP contribution is 2.31. The molecule has 4 amide bonds. The minimum atomic E-state index is -4.86. The van der Waals surface area contributed by atoms with Gasteiger partial charge in [-0.3, -0.25) is 14.1 Å². The third-order valence-corrected chi connectivity index (χ3v) is 4.19. The molecule has 24 heavy (non-hydrogen) atoms. The second kappa shape index (κ2) is 6.60. The zero-order chi connectivity index (χ0) is 18.2. The molecule has 12 nitrogen and oxygen atoms in total. The van der Waals surface area contributed by atoms with Gasteiger partial charge in [-0.15, -0.1) is 4.28 Å². The summed E-state index contributed by atoms with van der Waals surface area (Å²) in [5.74, 6) is -1.34. The molecular formula is C11H19N5O7S. The van der Waals surface area contributed by atoms with Crippen LogP contribution in [0.3, 0.4) is 0 Å². The highest BCUT2D eigenvalue weighted by Gasteiger charge is 2.50. The Kier molecular flexibility index (Phi) is 5.10. The van der Waals surface area contributed by atoms with E-state index in [4.69, 9.17) is 10.3 Å². The van der Waals surface area contributed by atoms with Crippen molar-refractivity contribution in [2.45, 2.75) is 37.9 Å². The number of amides is 4. The van der Waals surface area contributed by atoms with Crippen molar-refractivity contribution in [2.75, 3.05) is 13.6 Å². The van der Waals surface area contributed by atoms with Crippen molar-refractivity contribution in [2.24, 2.45) is 5.73 Å². The van der Waals surface area contributed by atoms with Crippen molar-refractivity contribution in [3.63, 3.8) is 0 Å². The number of nitrogens with one attached hydrogen (secondary N) is 1. The second-order valence-corrected chi connectivity index (χ2v) is 6.54. The Hall–Kier alpha value is -1.80. The summed E-state index contributed by atoms with van der Waals surface area (Å²) in [4.78, 5) is 37.9. The smallest absolute Gasteiger partial charge is 0.320 e. The van der Waals surface area contributed by atoms with Gasteiger partial charge >= 0.3 is 16.4 Å². The van der Waals surface area contributed by atoms with Crippen molar-refractivity contribution in [3.05, 3.63) is 0 Å². The van der Waals surface area contributed by atoms with Gasteiger partial charge < -0.3 is 10.6 Å².